The van der Waals surface area contributed by atoms with Gasteiger partial charge in [-0.2, -0.15) is 13.2 Å². The smallest absolute Gasteiger partial charge is 0.307 e. The third-order valence-electron chi connectivity index (χ3n) is 5.09. The van der Waals surface area contributed by atoms with Gasteiger partial charge < -0.3 is 10.2 Å². The number of hydrogen-bond donors (Lipinski definition) is 1. The van der Waals surface area contributed by atoms with Crippen molar-refractivity contribution in [2.24, 2.45) is 5.92 Å². The van der Waals surface area contributed by atoms with Gasteiger partial charge in [-0.25, -0.2) is 9.18 Å². The van der Waals surface area contributed by atoms with Crippen LogP contribution in [0.25, 0.3) is 0 Å². The molecule has 2 aliphatic rings. The monoisotopic (exact) mass is 398 g/mol. The van der Waals surface area contributed by atoms with Gasteiger partial charge in [0.15, 0.2) is 0 Å². The first-order valence-corrected chi connectivity index (χ1v) is 8.81. The first kappa shape index (κ1) is 18.1. The highest BCUT2D eigenvalue weighted by atomic mass is 35.5. The zero-order valence-electron chi connectivity index (χ0n) is 14.0. The SMILES string of the molecule is O=C1Nc2ccc(Cl)cc2[C@@](c2ccc(F)cc2)(C2CC2)N1CC(F)(F)F. The van der Waals surface area contributed by atoms with Crippen molar-refractivity contribution in [3.05, 3.63) is 64.4 Å². The van der Waals surface area contributed by atoms with Crippen LogP contribution in [0.4, 0.5) is 28.0 Å². The van der Waals surface area contributed by atoms with E-state index >= 15 is 0 Å². The van der Waals surface area contributed by atoms with Crippen molar-refractivity contribution < 1.29 is 22.4 Å². The molecule has 0 unspecified atom stereocenters. The lowest BCUT2D eigenvalue weighted by molar-refractivity contribution is -0.149. The summed E-state index contributed by atoms with van der Waals surface area (Å²) in [5, 5.41) is 2.88. The summed E-state index contributed by atoms with van der Waals surface area (Å²) in [7, 11) is 0. The summed E-state index contributed by atoms with van der Waals surface area (Å²) >= 11 is 6.15. The highest BCUT2D eigenvalue weighted by molar-refractivity contribution is 6.30. The molecule has 2 aromatic carbocycles. The Morgan fingerprint density at radius 3 is 2.41 bits per heavy atom. The number of nitrogens with zero attached hydrogens (tertiary/aromatic N) is 1. The Morgan fingerprint density at radius 1 is 1.15 bits per heavy atom. The molecule has 2 aromatic rings. The number of anilines is 1. The van der Waals surface area contributed by atoms with E-state index in [1.165, 1.54) is 24.3 Å². The van der Waals surface area contributed by atoms with E-state index in [4.69, 9.17) is 11.6 Å². The average Bonchev–Trinajstić information content (AvgIpc) is 3.42. The lowest BCUT2D eigenvalue weighted by Gasteiger charge is -2.49. The summed E-state index contributed by atoms with van der Waals surface area (Å²) in [5.41, 5.74) is -0.00720. The number of alkyl halides is 3. The molecule has 1 saturated carbocycles. The third-order valence-corrected chi connectivity index (χ3v) is 5.33. The minimum absolute atomic E-state index is 0.214. The van der Waals surface area contributed by atoms with E-state index in [1.54, 1.807) is 18.2 Å². The van der Waals surface area contributed by atoms with E-state index in [0.717, 1.165) is 4.90 Å². The minimum atomic E-state index is -4.59. The van der Waals surface area contributed by atoms with Gasteiger partial charge in [-0.1, -0.05) is 23.7 Å². The zero-order valence-corrected chi connectivity index (χ0v) is 14.7. The average molecular weight is 399 g/mol. The van der Waals surface area contributed by atoms with Gasteiger partial charge >= 0.3 is 12.2 Å². The van der Waals surface area contributed by atoms with Crippen LogP contribution < -0.4 is 5.32 Å². The number of nitrogens with one attached hydrogen (secondary N) is 1. The second kappa shape index (κ2) is 6.12. The molecule has 8 heteroatoms. The van der Waals surface area contributed by atoms with E-state index < -0.39 is 30.1 Å². The number of fused-ring (bicyclic) bond motifs is 1. The number of benzene rings is 2. The number of carbonyl (C=O) groups is 1. The topological polar surface area (TPSA) is 32.3 Å². The number of carbonyl (C=O) groups excluding carboxylic acids is 1. The van der Waals surface area contributed by atoms with Crippen molar-refractivity contribution in [2.45, 2.75) is 24.6 Å². The highest BCUT2D eigenvalue weighted by Crippen LogP contribution is 2.57. The van der Waals surface area contributed by atoms with E-state index in [2.05, 4.69) is 5.32 Å². The van der Waals surface area contributed by atoms with Crippen molar-refractivity contribution in [3.63, 3.8) is 0 Å². The van der Waals surface area contributed by atoms with Gasteiger partial charge in [-0.05, 0) is 54.7 Å². The maximum absolute atomic E-state index is 13.5. The van der Waals surface area contributed by atoms with Crippen LogP contribution in [0.3, 0.4) is 0 Å². The Hall–Kier alpha value is -2.28. The third kappa shape index (κ3) is 3.04. The molecule has 1 N–H and O–H groups in total. The number of amides is 2. The molecule has 0 spiro atoms. The van der Waals surface area contributed by atoms with E-state index in [0.29, 0.717) is 34.7 Å². The van der Waals surface area contributed by atoms with Gasteiger partial charge in [0.05, 0.1) is 0 Å². The molecule has 1 aliphatic carbocycles. The van der Waals surface area contributed by atoms with Crippen LogP contribution in [0.5, 0.6) is 0 Å². The van der Waals surface area contributed by atoms with E-state index in [1.807, 2.05) is 0 Å². The Bertz CT molecular complexity index is 896. The fourth-order valence-corrected chi connectivity index (χ4v) is 4.17. The van der Waals surface area contributed by atoms with Gasteiger partial charge in [0.1, 0.15) is 17.9 Å². The van der Waals surface area contributed by atoms with Gasteiger partial charge in [0, 0.05) is 16.3 Å². The highest BCUT2D eigenvalue weighted by Gasteiger charge is 2.58. The Labute approximate surface area is 157 Å². The van der Waals surface area contributed by atoms with Crippen LogP contribution >= 0.6 is 11.6 Å². The van der Waals surface area contributed by atoms with Crippen molar-refractivity contribution in [2.75, 3.05) is 11.9 Å². The van der Waals surface area contributed by atoms with Crippen LogP contribution in [0.15, 0.2) is 42.5 Å². The molecule has 142 valence electrons. The molecule has 1 fully saturated rings. The summed E-state index contributed by atoms with van der Waals surface area (Å²) in [6.07, 6.45) is -3.27. The van der Waals surface area contributed by atoms with Crippen LogP contribution in [-0.4, -0.2) is 23.7 Å². The number of urea groups is 1. The van der Waals surface area contributed by atoms with Crippen molar-refractivity contribution >= 4 is 23.3 Å². The second-order valence-electron chi connectivity index (χ2n) is 6.87. The molecule has 0 saturated heterocycles. The molecule has 1 aliphatic heterocycles. The molecule has 0 aromatic heterocycles. The molecular weight excluding hydrogens is 384 g/mol. The predicted molar refractivity (Wildman–Crippen MR) is 93.1 cm³/mol. The van der Waals surface area contributed by atoms with Crippen molar-refractivity contribution in [1.29, 1.82) is 0 Å². The first-order valence-electron chi connectivity index (χ1n) is 8.43. The first-order chi connectivity index (χ1) is 12.7. The largest absolute Gasteiger partial charge is 0.406 e. The second-order valence-corrected chi connectivity index (χ2v) is 7.31. The molecule has 2 amide bonds. The lowest BCUT2D eigenvalue weighted by atomic mass is 9.75. The van der Waals surface area contributed by atoms with Gasteiger partial charge in [0.2, 0.25) is 0 Å². The quantitative estimate of drug-likeness (QED) is 0.676. The van der Waals surface area contributed by atoms with E-state index in [9.17, 15) is 22.4 Å². The fourth-order valence-electron chi connectivity index (χ4n) is 4.00. The fraction of sp³-hybridized carbons (Fsp3) is 0.316. The molecule has 3 nitrogen and oxygen atoms in total. The Balaban J connectivity index is 2.01. The Morgan fingerprint density at radius 2 is 1.81 bits per heavy atom. The molecule has 0 radical (unpaired) electrons. The summed E-state index contributed by atoms with van der Waals surface area (Å²) < 4.78 is 53.6. The molecule has 0 bridgehead atoms. The summed E-state index contributed by atoms with van der Waals surface area (Å²) in [5.74, 6) is -0.716. The van der Waals surface area contributed by atoms with E-state index in [-0.39, 0.29) is 5.92 Å². The number of rotatable bonds is 3. The summed E-state index contributed by atoms with van der Waals surface area (Å²) in [4.78, 5) is 13.5. The van der Waals surface area contributed by atoms with Crippen LogP contribution in [-0.2, 0) is 5.54 Å². The minimum Gasteiger partial charge on any atom is -0.307 e. The zero-order chi connectivity index (χ0) is 19.4. The normalized spacial score (nSPS) is 22.4. The standard InChI is InChI=1S/C19H15ClF4N2O/c20-13-5-8-16-15(9-13)19(11-1-2-11,12-3-6-14(21)7-4-12)26(17(27)25-16)10-18(22,23)24/h3-9,11H,1-2,10H2,(H,25,27)/t19-/m0/s1. The number of halogens is 5. The lowest BCUT2D eigenvalue weighted by Crippen LogP contribution is -2.59. The number of hydrogen-bond acceptors (Lipinski definition) is 1. The predicted octanol–water partition coefficient (Wildman–Crippen LogP) is 5.54. The maximum atomic E-state index is 13.5. The van der Waals surface area contributed by atoms with Gasteiger partial charge in [-0.3, -0.25) is 0 Å². The molecule has 1 heterocycles. The molecule has 1 atom stereocenters. The van der Waals surface area contributed by atoms with Gasteiger partial charge in [-0.15, -0.1) is 0 Å². The van der Waals surface area contributed by atoms with Crippen molar-refractivity contribution in [3.8, 4) is 0 Å². The Kier molecular flexibility index (Phi) is 4.10. The van der Waals surface area contributed by atoms with Crippen LogP contribution in [0.1, 0.15) is 24.0 Å². The molecule has 27 heavy (non-hydrogen) atoms. The molecular formula is C19H15ClF4N2O. The van der Waals surface area contributed by atoms with Crippen molar-refractivity contribution in [1.82, 2.24) is 4.90 Å². The maximum Gasteiger partial charge on any atom is 0.406 e. The molecule has 4 rings (SSSR count). The van der Waals surface area contributed by atoms with Gasteiger partial charge in [0.25, 0.3) is 0 Å². The summed E-state index contributed by atoms with van der Waals surface area (Å²) in [6.45, 7) is -1.42. The van der Waals surface area contributed by atoms with Crippen LogP contribution in [0, 0.1) is 11.7 Å². The van der Waals surface area contributed by atoms with Crippen LogP contribution in [0.2, 0.25) is 5.02 Å². The summed E-state index contributed by atoms with van der Waals surface area (Å²) in [6, 6.07) is 9.19.